The second kappa shape index (κ2) is 8.92. The van der Waals surface area contributed by atoms with Gasteiger partial charge in [-0.3, -0.25) is 14.5 Å². The highest BCUT2D eigenvalue weighted by molar-refractivity contribution is 9.10. The van der Waals surface area contributed by atoms with Gasteiger partial charge in [-0.15, -0.1) is 0 Å². The zero-order valence-corrected chi connectivity index (χ0v) is 20.0. The normalized spacial score (nSPS) is 17.5. The van der Waals surface area contributed by atoms with Crippen molar-refractivity contribution in [3.8, 4) is 11.5 Å². The molecule has 1 aliphatic rings. The number of ketones is 1. The third kappa shape index (κ3) is 3.98. The lowest BCUT2D eigenvalue weighted by atomic mass is 9.94. The van der Waals surface area contributed by atoms with Crippen LogP contribution >= 0.6 is 27.5 Å². The summed E-state index contributed by atoms with van der Waals surface area (Å²) >= 11 is 9.65. The van der Waals surface area contributed by atoms with E-state index in [1.807, 2.05) is 6.92 Å². The molecule has 3 aromatic rings. The van der Waals surface area contributed by atoms with E-state index in [-0.39, 0.29) is 27.9 Å². The van der Waals surface area contributed by atoms with Gasteiger partial charge in [0.15, 0.2) is 11.5 Å². The van der Waals surface area contributed by atoms with Gasteiger partial charge in [0, 0.05) is 15.7 Å². The molecule has 1 unspecified atom stereocenters. The van der Waals surface area contributed by atoms with Crippen LogP contribution in [0.25, 0.3) is 5.76 Å². The topological polar surface area (TPSA) is 87.1 Å². The number of phenols is 1. The molecule has 4 rings (SSSR count). The van der Waals surface area contributed by atoms with Crippen molar-refractivity contribution < 1.29 is 24.5 Å². The molecule has 0 bridgehead atoms. The lowest BCUT2D eigenvalue weighted by Gasteiger charge is -2.26. The first-order valence-electron chi connectivity index (χ1n) is 9.93. The lowest BCUT2D eigenvalue weighted by molar-refractivity contribution is -0.132. The number of para-hydroxylation sites is 1. The van der Waals surface area contributed by atoms with E-state index < -0.39 is 17.7 Å². The van der Waals surface area contributed by atoms with E-state index in [0.29, 0.717) is 16.8 Å². The first kappa shape index (κ1) is 22.9. The fraction of sp³-hybridized carbons (Fsp3) is 0.120. The van der Waals surface area contributed by atoms with Crippen molar-refractivity contribution in [1.82, 2.24) is 0 Å². The lowest BCUT2D eigenvalue weighted by Crippen LogP contribution is -2.29. The fourth-order valence-electron chi connectivity index (χ4n) is 3.86. The minimum Gasteiger partial charge on any atom is -0.507 e. The van der Waals surface area contributed by atoms with Gasteiger partial charge in [0.25, 0.3) is 11.7 Å². The Balaban J connectivity index is 2.00. The summed E-state index contributed by atoms with van der Waals surface area (Å²) in [6.07, 6.45) is 0. The van der Waals surface area contributed by atoms with Gasteiger partial charge in [-0.25, -0.2) is 0 Å². The predicted molar refractivity (Wildman–Crippen MR) is 130 cm³/mol. The SMILES string of the molecule is COc1cc(C2/C(=C(\O)c3ccc(Br)c(C)c3)C(=O)C(=O)N2c2ccccc2)cc(Cl)c1O. The minimum absolute atomic E-state index is 0.0116. The number of carbonyl (C=O) groups excluding carboxylic acids is 2. The maximum atomic E-state index is 13.2. The van der Waals surface area contributed by atoms with Crippen LogP contribution in [0.5, 0.6) is 11.5 Å². The standard InChI is InChI=1S/C25H19BrClNO5/c1-13-10-14(8-9-17(13)26)22(29)20-21(15-11-18(27)23(30)19(12-15)33-2)28(25(32)24(20)31)16-6-4-3-5-7-16/h3-12,21,29-30H,1-2H3/b22-20+. The maximum Gasteiger partial charge on any atom is 0.300 e. The van der Waals surface area contributed by atoms with E-state index in [1.54, 1.807) is 48.5 Å². The number of aromatic hydroxyl groups is 1. The number of hydrogen-bond donors (Lipinski definition) is 2. The van der Waals surface area contributed by atoms with Crippen LogP contribution in [0.4, 0.5) is 5.69 Å². The fourth-order valence-corrected chi connectivity index (χ4v) is 4.32. The van der Waals surface area contributed by atoms with E-state index in [4.69, 9.17) is 16.3 Å². The minimum atomic E-state index is -0.997. The van der Waals surface area contributed by atoms with Gasteiger partial charge in [0.1, 0.15) is 5.76 Å². The predicted octanol–water partition coefficient (Wildman–Crippen LogP) is 5.75. The Morgan fingerprint density at radius 2 is 1.79 bits per heavy atom. The van der Waals surface area contributed by atoms with E-state index in [1.165, 1.54) is 24.1 Å². The highest BCUT2D eigenvalue weighted by Crippen LogP contribution is 2.46. The Hall–Kier alpha value is -3.29. The average Bonchev–Trinajstić information content (AvgIpc) is 3.08. The number of nitrogens with zero attached hydrogens (tertiary/aromatic N) is 1. The number of hydrogen-bond acceptors (Lipinski definition) is 5. The van der Waals surface area contributed by atoms with Crippen molar-refractivity contribution in [3.05, 3.63) is 92.4 Å². The molecule has 1 fully saturated rings. The molecule has 0 aromatic heterocycles. The van der Waals surface area contributed by atoms with Gasteiger partial charge < -0.3 is 14.9 Å². The number of ether oxygens (including phenoxy) is 1. The number of anilines is 1. The molecule has 1 saturated heterocycles. The molecule has 0 aliphatic carbocycles. The van der Waals surface area contributed by atoms with Crippen LogP contribution in [0.2, 0.25) is 5.02 Å². The van der Waals surface area contributed by atoms with Gasteiger partial charge >= 0.3 is 0 Å². The van der Waals surface area contributed by atoms with Crippen LogP contribution in [0.3, 0.4) is 0 Å². The summed E-state index contributed by atoms with van der Waals surface area (Å²) in [5, 5.41) is 21.4. The number of phenolic OH excluding ortho intramolecular Hbond substituents is 1. The maximum absolute atomic E-state index is 13.2. The number of aryl methyl sites for hydroxylation is 1. The molecular weight excluding hydrogens is 510 g/mol. The number of aliphatic hydroxyl groups is 1. The van der Waals surface area contributed by atoms with Crippen molar-refractivity contribution in [2.24, 2.45) is 0 Å². The number of amides is 1. The summed E-state index contributed by atoms with van der Waals surface area (Å²) in [5.74, 6) is -2.11. The summed E-state index contributed by atoms with van der Waals surface area (Å²) in [6.45, 7) is 1.85. The van der Waals surface area contributed by atoms with E-state index in [0.717, 1.165) is 10.0 Å². The third-order valence-corrected chi connectivity index (χ3v) is 6.67. The molecule has 1 atom stereocenters. The molecule has 0 spiro atoms. The third-order valence-electron chi connectivity index (χ3n) is 5.50. The van der Waals surface area contributed by atoms with Gasteiger partial charge in [0.05, 0.1) is 23.7 Å². The molecule has 0 saturated carbocycles. The molecule has 6 nitrogen and oxygen atoms in total. The first-order valence-corrected chi connectivity index (χ1v) is 11.1. The van der Waals surface area contributed by atoms with Crippen LogP contribution in [0.15, 0.2) is 70.7 Å². The second-order valence-corrected chi connectivity index (χ2v) is 8.78. The van der Waals surface area contributed by atoms with E-state index >= 15 is 0 Å². The molecule has 1 aliphatic heterocycles. The second-order valence-electron chi connectivity index (χ2n) is 7.52. The van der Waals surface area contributed by atoms with Crippen molar-refractivity contribution in [2.75, 3.05) is 12.0 Å². The number of Topliss-reactive ketones (excluding diaryl/α,β-unsaturated/α-hetero) is 1. The monoisotopic (exact) mass is 527 g/mol. The van der Waals surface area contributed by atoms with Crippen molar-refractivity contribution >= 4 is 50.7 Å². The largest absolute Gasteiger partial charge is 0.507 e. The zero-order chi connectivity index (χ0) is 23.9. The number of methoxy groups -OCH3 is 1. The molecule has 3 aromatic carbocycles. The van der Waals surface area contributed by atoms with Gasteiger partial charge in [-0.2, -0.15) is 0 Å². The van der Waals surface area contributed by atoms with Crippen molar-refractivity contribution in [1.29, 1.82) is 0 Å². The van der Waals surface area contributed by atoms with Crippen LogP contribution in [-0.4, -0.2) is 29.0 Å². The Morgan fingerprint density at radius 3 is 2.42 bits per heavy atom. The quantitative estimate of drug-likeness (QED) is 0.256. The Labute approximate surface area is 203 Å². The Morgan fingerprint density at radius 1 is 1.09 bits per heavy atom. The number of benzene rings is 3. The number of carbonyl (C=O) groups is 2. The smallest absolute Gasteiger partial charge is 0.300 e. The van der Waals surface area contributed by atoms with E-state index in [9.17, 15) is 19.8 Å². The van der Waals surface area contributed by atoms with Crippen molar-refractivity contribution in [2.45, 2.75) is 13.0 Å². The summed E-state index contributed by atoms with van der Waals surface area (Å²) in [7, 11) is 1.37. The average molecular weight is 529 g/mol. The zero-order valence-electron chi connectivity index (χ0n) is 17.7. The molecule has 1 heterocycles. The van der Waals surface area contributed by atoms with E-state index in [2.05, 4.69) is 15.9 Å². The Bertz CT molecular complexity index is 1310. The summed E-state index contributed by atoms with van der Waals surface area (Å²) < 4.78 is 6.07. The van der Waals surface area contributed by atoms with Crippen LogP contribution in [0, 0.1) is 6.92 Å². The van der Waals surface area contributed by atoms with Crippen LogP contribution in [-0.2, 0) is 9.59 Å². The van der Waals surface area contributed by atoms with Gasteiger partial charge in [0.2, 0.25) is 0 Å². The highest BCUT2D eigenvalue weighted by atomic mass is 79.9. The molecule has 8 heteroatoms. The summed E-state index contributed by atoms with van der Waals surface area (Å²) in [5.41, 5.74) is 2.02. The molecule has 2 N–H and O–H groups in total. The first-order chi connectivity index (χ1) is 15.7. The van der Waals surface area contributed by atoms with Gasteiger partial charge in [-0.1, -0.05) is 51.8 Å². The number of aliphatic hydroxyl groups excluding tert-OH is 1. The summed E-state index contributed by atoms with van der Waals surface area (Å²) in [4.78, 5) is 27.7. The molecule has 33 heavy (non-hydrogen) atoms. The highest BCUT2D eigenvalue weighted by Gasteiger charge is 2.47. The van der Waals surface area contributed by atoms with Gasteiger partial charge in [-0.05, 0) is 54.4 Å². The summed E-state index contributed by atoms with van der Waals surface area (Å²) in [6, 6.07) is 15.8. The number of halogens is 2. The van der Waals surface area contributed by atoms with Crippen LogP contribution < -0.4 is 9.64 Å². The molecule has 1 amide bonds. The molecule has 0 radical (unpaired) electrons. The molecular formula is C25H19BrClNO5. The van der Waals surface area contributed by atoms with Crippen LogP contribution in [0.1, 0.15) is 22.7 Å². The van der Waals surface area contributed by atoms with Crippen molar-refractivity contribution in [3.63, 3.8) is 0 Å². The molecule has 168 valence electrons. The number of rotatable bonds is 4. The Kier molecular flexibility index (Phi) is 6.19.